The molecule has 0 spiro atoms. The Morgan fingerprint density at radius 3 is 0.580 bits per heavy atom. The Bertz CT molecular complexity index is 4380. The molecule has 1 aliphatic carbocycles. The highest BCUT2D eigenvalue weighted by Gasteiger charge is 2.66. The number of azide groups is 2. The van der Waals surface area contributed by atoms with Crippen LogP contribution in [0.4, 0.5) is 0 Å². The lowest BCUT2D eigenvalue weighted by Crippen LogP contribution is -2.70. The molecule has 768 valence electrons. The van der Waals surface area contributed by atoms with Crippen LogP contribution in [0.25, 0.3) is 20.9 Å². The minimum Gasteiger partial charge on any atom is -0.465 e. The molecule has 21 fully saturated rings. The summed E-state index contributed by atoms with van der Waals surface area (Å²) in [4.78, 5) is 266. The third-order valence-corrected chi connectivity index (χ3v) is 20.8. The fourth-order valence-corrected chi connectivity index (χ4v) is 16.4. The van der Waals surface area contributed by atoms with E-state index in [1.54, 1.807) is 0 Å². The van der Waals surface area contributed by atoms with Crippen LogP contribution >= 0.6 is 0 Å². The van der Waals surface area contributed by atoms with Gasteiger partial charge in [-0.3, -0.25) is 91.1 Å². The zero-order chi connectivity index (χ0) is 102. The smallest absolute Gasteiger partial charge is 0.303 e. The summed E-state index contributed by atoms with van der Waals surface area (Å²) in [7, 11) is 0. The lowest BCUT2D eigenvalue weighted by atomic mass is 9.80. The maximum Gasteiger partial charge on any atom is 0.303 e. The number of rotatable bonds is 28. The number of hydrogen-bond donors (Lipinski definition) is 0. The fourth-order valence-electron chi connectivity index (χ4n) is 16.4. The largest absolute Gasteiger partial charge is 0.465 e. The van der Waals surface area contributed by atoms with Crippen LogP contribution in [-0.2, 0) is 243 Å². The summed E-state index contributed by atoms with van der Waals surface area (Å²) in [6, 6.07) is 0. The van der Waals surface area contributed by atoms with Gasteiger partial charge in [-0.15, -0.1) is 0 Å². The second-order valence-electron chi connectivity index (χ2n) is 31.9. The molecule has 20 saturated heterocycles. The molecule has 14 unspecified atom stereocenters. The van der Waals surface area contributed by atoms with Gasteiger partial charge in [-0.2, -0.15) is 0 Å². The first-order valence-electron chi connectivity index (χ1n) is 42.6. The molecule has 138 heavy (non-hydrogen) atoms. The van der Waals surface area contributed by atoms with Gasteiger partial charge < -0.3 is 152 Å². The Morgan fingerprint density at radius 2 is 0.377 bits per heavy atom. The van der Waals surface area contributed by atoms with E-state index in [-0.39, 0.29) is 0 Å². The number of nitrogens with zero attached hydrogens (tertiary/aromatic N) is 6. The van der Waals surface area contributed by atoms with Crippen LogP contribution in [0.15, 0.2) is 10.2 Å². The van der Waals surface area contributed by atoms with Crippen LogP contribution in [0.2, 0.25) is 0 Å². The molecule has 0 aromatic rings. The maximum atomic E-state index is 14.0. The Hall–Kier alpha value is -12.0. The quantitative estimate of drug-likeness (QED) is 0.0295. The first-order chi connectivity index (χ1) is 64.9. The zero-order valence-electron chi connectivity index (χ0n) is 77.9. The van der Waals surface area contributed by atoms with Crippen LogP contribution in [0.3, 0.4) is 0 Å². The number of carbonyl (C=O) groups excluding carboxylic acids is 19. The van der Waals surface area contributed by atoms with Crippen LogP contribution in [0.5, 0.6) is 0 Å². The fraction of sp³-hybridized carbons (Fsp3) is 0.765. The molecule has 21 aliphatic rings. The SMILES string of the molecule is CC(=O)OCC1C[C@@H]2O[C@@H]3C(COC(C)=O)O[C@H](O[C@@H]4C(CN=[N+]=[N-])O[C@H](O[C@@H]5C(COC(C)=O)O[C@@H](O[C@@H]6C(COC(C)=O)O[C@@H](O[C@@H]7C(CN=[N+]=[N-])O[C@@H](O[C@@H]8C(COC(C)=O)O[C@H](O[C@H]1[C@H](OC(C)=O)C2OC(C)=O)C(OC(C)=O)[C@H]8OC(C)=O)C(OC(C)=O)[C@H]7OC(C)=O)C(OC(C)=O)[C@@H]6OC(C)=O)C(OC(C)=O)[C@@H]5OC(C)=O)C(OC(C)=O)[C@H]4OC(C)=O)C(OC(C)=O)[C@H]3OC(C)=O. The molecule has 14 bridgehead atoms. The van der Waals surface area contributed by atoms with Gasteiger partial charge >= 0.3 is 113 Å². The molecule has 1 saturated carbocycles. The number of ether oxygens (including phenoxy) is 32. The van der Waals surface area contributed by atoms with Crippen molar-refractivity contribution < 1.29 is 243 Å². The molecule has 0 amide bonds. The molecular formula is C81H108N6O51. The van der Waals surface area contributed by atoms with Crippen molar-refractivity contribution in [2.24, 2.45) is 16.1 Å². The van der Waals surface area contributed by atoms with Gasteiger partial charge in [0, 0.05) is 147 Å². The van der Waals surface area contributed by atoms with Crippen LogP contribution < -0.4 is 0 Å². The van der Waals surface area contributed by atoms with Gasteiger partial charge in [0.1, 0.15) is 93.6 Å². The molecular weight excluding hydrogens is 1870 g/mol. The Morgan fingerprint density at radius 1 is 0.210 bits per heavy atom. The van der Waals surface area contributed by atoms with Crippen LogP contribution in [0, 0.1) is 5.92 Å². The summed E-state index contributed by atoms with van der Waals surface area (Å²) in [5, 5.41) is 7.34. The maximum absolute atomic E-state index is 14.0. The van der Waals surface area contributed by atoms with Gasteiger partial charge in [0.15, 0.2) is 123 Å². The number of hydrogen-bond acceptors (Lipinski definition) is 53. The highest BCUT2D eigenvalue weighted by molar-refractivity contribution is 5.73. The molecule has 0 aromatic heterocycles. The van der Waals surface area contributed by atoms with E-state index < -0.39 is 381 Å². The summed E-state index contributed by atoms with van der Waals surface area (Å²) >= 11 is 0. The Kier molecular flexibility index (Phi) is 41.2. The van der Waals surface area contributed by atoms with Crippen molar-refractivity contribution in [3.05, 3.63) is 20.9 Å². The molecule has 21 rings (SSSR count). The number of esters is 19. The van der Waals surface area contributed by atoms with E-state index in [0.29, 0.717) is 0 Å². The molecule has 35 atom stereocenters. The Labute approximate surface area is 783 Å². The normalized spacial score (nSPS) is 34.9. The van der Waals surface area contributed by atoms with E-state index in [1.165, 1.54) is 0 Å². The van der Waals surface area contributed by atoms with Gasteiger partial charge in [-0.05, 0) is 17.5 Å². The van der Waals surface area contributed by atoms with Crippen molar-refractivity contribution in [2.75, 3.05) is 46.1 Å². The van der Waals surface area contributed by atoms with Gasteiger partial charge in [0.25, 0.3) is 0 Å². The van der Waals surface area contributed by atoms with Gasteiger partial charge in [0.05, 0.1) is 38.0 Å². The van der Waals surface area contributed by atoms with Gasteiger partial charge in [0.2, 0.25) is 0 Å². The van der Waals surface area contributed by atoms with Crippen molar-refractivity contribution >= 4 is 113 Å². The zero-order valence-corrected chi connectivity index (χ0v) is 77.9. The summed E-state index contributed by atoms with van der Waals surface area (Å²) in [6.45, 7) is 8.60. The molecule has 57 nitrogen and oxygen atoms in total. The second-order valence-corrected chi connectivity index (χ2v) is 31.9. The van der Waals surface area contributed by atoms with Crippen molar-refractivity contribution in [3.8, 4) is 0 Å². The third-order valence-electron chi connectivity index (χ3n) is 20.8. The summed E-state index contributed by atoms with van der Waals surface area (Å²) < 4.78 is 198. The van der Waals surface area contributed by atoms with E-state index >= 15 is 0 Å². The molecule has 0 aromatic carbocycles. The van der Waals surface area contributed by atoms with E-state index in [1.807, 2.05) is 0 Å². The van der Waals surface area contributed by atoms with Crippen LogP contribution in [-0.4, -0.2) is 368 Å². The lowest BCUT2D eigenvalue weighted by molar-refractivity contribution is -0.395. The second kappa shape index (κ2) is 51.1. The summed E-state index contributed by atoms with van der Waals surface area (Å²) in [5.41, 5.74) is 20.2. The Balaban J connectivity index is 1.51. The van der Waals surface area contributed by atoms with E-state index in [4.69, 9.17) is 152 Å². The predicted molar refractivity (Wildman–Crippen MR) is 427 cm³/mol. The van der Waals surface area contributed by atoms with Gasteiger partial charge in [-0.1, -0.05) is 10.2 Å². The van der Waals surface area contributed by atoms with Crippen molar-refractivity contribution in [3.63, 3.8) is 0 Å². The molecule has 20 aliphatic heterocycles. The minimum absolute atomic E-state index is 0.763. The minimum atomic E-state index is -2.45. The summed E-state index contributed by atoms with van der Waals surface area (Å²) in [6.07, 6.45) is -77.6. The topological polar surface area (TPSA) is 717 Å². The highest BCUT2D eigenvalue weighted by atomic mass is 16.8. The van der Waals surface area contributed by atoms with E-state index in [9.17, 15) is 102 Å². The van der Waals surface area contributed by atoms with Crippen molar-refractivity contribution in [1.29, 1.82) is 0 Å². The standard InChI is InChI=1S/C81H108N6O51/c1-28(88)107-23-47-20-48-56(112-33(6)93)63(113-34(7)94)55(47)133-78-73(123-44(17)104)67(117-38(11)98)60(52(130-78)25-109-30(3)90)136-76-71(121-42(15)102)65(115-36(9)96)58(50(128-76)22-85-87-83)135-80-74(124-45(18)105)69(119-40(13)100)62(54(131-80)27-111-32(5)92)138-81-75(125-46(19)106)68(118-39(12)99)61(53(132-81)26-110-31(4)91)137-77-70(120-41(14)101)64(114-35(8)95)57(49(127-77)21-84-86-82)134-79-72(122-43(16)103)66(116-37(10)97)59(126-48)51(129-79)24-108-29(2)89/h47-81H,20-27H2,1-19H3/t47?,48-,49?,50?,51?,52?,53?,54?,55+,56?,57+,58+,59+,60+,61+,62+,63-,64-,65-,66-,67-,68+,69+,70?,71?,72?,73?,74?,75?,76-,77+,78+,79+,80-,81-/m0/s1. The average Bonchev–Trinajstić information content (AvgIpc) is 0.773. The number of carbonyl (C=O) groups is 19. The monoisotopic (exact) mass is 1980 g/mol. The molecule has 57 heteroatoms. The molecule has 0 radical (unpaired) electrons. The van der Waals surface area contributed by atoms with Crippen molar-refractivity contribution in [2.45, 2.75) is 347 Å². The highest BCUT2D eigenvalue weighted by Crippen LogP contribution is 2.46. The first kappa shape index (κ1) is 111. The molecule has 0 N–H and O–H groups in total. The first-order valence-corrected chi connectivity index (χ1v) is 42.6. The van der Waals surface area contributed by atoms with E-state index in [2.05, 4.69) is 20.1 Å². The van der Waals surface area contributed by atoms with Gasteiger partial charge in [-0.25, -0.2) is 0 Å². The molecule has 20 heterocycles. The lowest BCUT2D eigenvalue weighted by Gasteiger charge is -2.52. The third kappa shape index (κ3) is 31.3. The summed E-state index contributed by atoms with van der Waals surface area (Å²) in [5.74, 6) is -25.0. The van der Waals surface area contributed by atoms with E-state index in [0.717, 1.165) is 132 Å². The van der Waals surface area contributed by atoms with Crippen molar-refractivity contribution in [1.82, 2.24) is 0 Å². The van der Waals surface area contributed by atoms with Crippen LogP contribution in [0.1, 0.15) is 138 Å². The predicted octanol–water partition coefficient (Wildman–Crippen LogP) is -1.09. The average molecular weight is 1980 g/mol.